The third-order valence-electron chi connectivity index (χ3n) is 16.0. The molecule has 2 heterocycles. The van der Waals surface area contributed by atoms with E-state index < -0.39 is 93.0 Å². The molecule has 0 aromatic heterocycles. The Morgan fingerprint density at radius 1 is 0.845 bits per heavy atom. The van der Waals surface area contributed by atoms with Gasteiger partial charge in [0.25, 0.3) is 0 Å². The van der Waals surface area contributed by atoms with Crippen LogP contribution in [0.4, 0.5) is 0 Å². The van der Waals surface area contributed by atoms with Gasteiger partial charge in [-0.25, -0.2) is 4.79 Å². The Morgan fingerprint density at radius 2 is 1.43 bits per heavy atom. The van der Waals surface area contributed by atoms with Gasteiger partial charge in [-0.15, -0.1) is 0 Å². The molecule has 1 aromatic carbocycles. The molecule has 2 aliphatic heterocycles. The Labute approximate surface area is 350 Å². The van der Waals surface area contributed by atoms with Crippen molar-refractivity contribution in [2.24, 2.45) is 16.7 Å². The van der Waals surface area contributed by atoms with Crippen LogP contribution in [-0.2, 0) is 37.3 Å². The molecular formula is C46H74O10Si2. The summed E-state index contributed by atoms with van der Waals surface area (Å²) in [6, 6.07) is 14.5. The van der Waals surface area contributed by atoms with Crippen LogP contribution in [0.5, 0.6) is 0 Å². The van der Waals surface area contributed by atoms with E-state index in [1.54, 1.807) is 12.1 Å². The Bertz CT molecular complexity index is 1670. The van der Waals surface area contributed by atoms with Gasteiger partial charge in [0.05, 0.1) is 36.4 Å². The van der Waals surface area contributed by atoms with Crippen molar-refractivity contribution in [2.45, 2.75) is 206 Å². The van der Waals surface area contributed by atoms with Crippen molar-refractivity contribution in [1.29, 1.82) is 0 Å². The summed E-state index contributed by atoms with van der Waals surface area (Å²) < 4.78 is 49.8. The lowest BCUT2D eigenvalue weighted by atomic mass is 9.44. The monoisotopic (exact) mass is 842 g/mol. The third-order valence-corrected chi connectivity index (χ3v) is 25.3. The highest BCUT2D eigenvalue weighted by Crippen LogP contribution is 2.68. The SMILES string of the molecule is CCCC(=O)OC12COC1CC(O[Si](CC)(CC)CC)[C@@]1(C)C3OC(C)(C)OC3C3=C(C)C(O[Si](CC)(CC)CC)CC(O)(C(OC(=O)c4ccccc4)C21)C3(C)C. The van der Waals surface area contributed by atoms with Crippen LogP contribution in [0, 0.1) is 16.7 Å². The minimum atomic E-state index is -2.34. The molecule has 0 radical (unpaired) electrons. The van der Waals surface area contributed by atoms with Gasteiger partial charge in [-0.05, 0) is 86.7 Å². The molecule has 2 saturated carbocycles. The number of fused-ring (bicyclic) bond motifs is 8. The molecule has 6 rings (SSSR count). The number of benzene rings is 1. The summed E-state index contributed by atoms with van der Waals surface area (Å²) in [5.41, 5.74) is -2.73. The zero-order valence-corrected chi connectivity index (χ0v) is 39.8. The fraction of sp³-hybridized carbons (Fsp3) is 0.783. The van der Waals surface area contributed by atoms with Crippen molar-refractivity contribution in [3.63, 3.8) is 0 Å². The molecule has 1 aromatic rings. The van der Waals surface area contributed by atoms with Gasteiger partial charge in [-0.1, -0.05) is 87.4 Å². The van der Waals surface area contributed by atoms with E-state index in [-0.39, 0.29) is 25.4 Å². The molecule has 4 fully saturated rings. The van der Waals surface area contributed by atoms with Gasteiger partial charge >= 0.3 is 11.9 Å². The molecule has 58 heavy (non-hydrogen) atoms. The van der Waals surface area contributed by atoms with Crippen LogP contribution in [0.25, 0.3) is 0 Å². The predicted molar refractivity (Wildman–Crippen MR) is 229 cm³/mol. The van der Waals surface area contributed by atoms with E-state index in [4.69, 9.17) is 32.5 Å². The first kappa shape index (κ1) is 45.6. The molecule has 0 spiro atoms. The van der Waals surface area contributed by atoms with E-state index in [1.807, 2.05) is 39.0 Å². The van der Waals surface area contributed by atoms with E-state index in [1.165, 1.54) is 0 Å². The number of carbonyl (C=O) groups excluding carboxylic acids is 2. The second-order valence-corrected chi connectivity index (χ2v) is 28.7. The van der Waals surface area contributed by atoms with Gasteiger partial charge in [0.2, 0.25) is 0 Å². The summed E-state index contributed by atoms with van der Waals surface area (Å²) in [5, 5.41) is 14.2. The van der Waals surface area contributed by atoms with Gasteiger partial charge in [0, 0.05) is 30.1 Å². The van der Waals surface area contributed by atoms with Crippen LogP contribution in [0.3, 0.4) is 0 Å². The highest BCUT2D eigenvalue weighted by Gasteiger charge is 2.80. The lowest BCUT2D eigenvalue weighted by Gasteiger charge is -2.70. The molecule has 10 atom stereocenters. The topological polar surface area (TPSA) is 119 Å². The Morgan fingerprint density at radius 3 is 1.97 bits per heavy atom. The molecule has 0 amide bonds. The Balaban J connectivity index is 1.71. The maximum absolute atomic E-state index is 14.7. The van der Waals surface area contributed by atoms with Crippen LogP contribution >= 0.6 is 0 Å². The highest BCUT2D eigenvalue weighted by molar-refractivity contribution is 6.74. The van der Waals surface area contributed by atoms with Crippen molar-refractivity contribution in [3.8, 4) is 0 Å². The number of aliphatic hydroxyl groups is 1. The summed E-state index contributed by atoms with van der Waals surface area (Å²) in [7, 11) is -4.60. The quantitative estimate of drug-likeness (QED) is 0.104. The van der Waals surface area contributed by atoms with Crippen LogP contribution in [0.15, 0.2) is 41.5 Å². The van der Waals surface area contributed by atoms with Crippen molar-refractivity contribution in [1.82, 2.24) is 0 Å². The van der Waals surface area contributed by atoms with Crippen LogP contribution < -0.4 is 0 Å². The van der Waals surface area contributed by atoms with Gasteiger partial charge in [0.15, 0.2) is 28.0 Å². The van der Waals surface area contributed by atoms with Gasteiger partial charge in [-0.3, -0.25) is 4.79 Å². The summed E-state index contributed by atoms with van der Waals surface area (Å²) in [4.78, 5) is 28.7. The van der Waals surface area contributed by atoms with E-state index in [0.29, 0.717) is 18.4 Å². The lowest BCUT2D eigenvalue weighted by Crippen LogP contribution is -2.82. The van der Waals surface area contributed by atoms with Crippen LogP contribution in [0.2, 0.25) is 36.3 Å². The third kappa shape index (κ3) is 7.14. The van der Waals surface area contributed by atoms with Crippen LogP contribution in [0.1, 0.15) is 126 Å². The lowest BCUT2D eigenvalue weighted by molar-refractivity contribution is -0.361. The number of hydrogen-bond acceptors (Lipinski definition) is 10. The molecular weight excluding hydrogens is 769 g/mol. The minimum absolute atomic E-state index is 0.0920. The summed E-state index contributed by atoms with van der Waals surface area (Å²) >= 11 is 0. The fourth-order valence-electron chi connectivity index (χ4n) is 11.8. The standard InChI is InChI=1S/C46H74O10Si2/c1-14-24-35(47)52-45-29-50-34(45)27-33(56-58(18-5,19-6)20-7)44(13)38(45)40(51-41(48)31-25-22-21-23-26-31)46(49)28-32(55-57(15-2,16-3)17-4)30(8)36(42(46,9)10)37-39(44)54-43(11,12)53-37/h21-23,25-26,32-34,37-40,49H,14-20,24,27-29H2,1-13H3/t32?,33?,34?,37?,38?,39?,40?,44-,45?,46?/m1/s1. The summed E-state index contributed by atoms with van der Waals surface area (Å²) in [6.07, 6.45) is -2.50. The van der Waals surface area contributed by atoms with Crippen molar-refractivity contribution < 1.29 is 47.2 Å². The molecule has 2 bridgehead atoms. The fourth-order valence-corrected chi connectivity index (χ4v) is 17.7. The average Bonchev–Trinajstić information content (AvgIpc) is 3.52. The first-order chi connectivity index (χ1) is 27.3. The average molecular weight is 843 g/mol. The highest BCUT2D eigenvalue weighted by atomic mass is 28.4. The molecule has 2 saturated heterocycles. The molecule has 12 heteroatoms. The van der Waals surface area contributed by atoms with E-state index in [9.17, 15) is 14.7 Å². The summed E-state index contributed by atoms with van der Waals surface area (Å²) in [6.45, 7) is 27.7. The second kappa shape index (κ2) is 16.4. The zero-order chi connectivity index (χ0) is 42.7. The molecule has 3 aliphatic carbocycles. The Kier molecular flexibility index (Phi) is 12.9. The van der Waals surface area contributed by atoms with Gasteiger partial charge in [0.1, 0.15) is 23.9 Å². The van der Waals surface area contributed by atoms with Crippen molar-refractivity contribution in [2.75, 3.05) is 6.61 Å². The molecule has 1 N–H and O–H groups in total. The normalized spacial score (nSPS) is 36.4. The molecule has 10 nitrogen and oxygen atoms in total. The van der Waals surface area contributed by atoms with Crippen LogP contribution in [-0.4, -0.2) is 93.9 Å². The Hall–Kier alpha value is -1.91. The molecule has 326 valence electrons. The smallest absolute Gasteiger partial charge is 0.338 e. The number of ether oxygens (including phenoxy) is 5. The predicted octanol–water partition coefficient (Wildman–Crippen LogP) is 9.51. The number of rotatable bonds is 15. The van der Waals surface area contributed by atoms with Gasteiger partial charge in [-0.2, -0.15) is 0 Å². The van der Waals surface area contributed by atoms with Crippen molar-refractivity contribution >= 4 is 28.6 Å². The number of hydrogen-bond donors (Lipinski definition) is 1. The van der Waals surface area contributed by atoms with E-state index in [0.717, 1.165) is 47.4 Å². The minimum Gasteiger partial charge on any atom is -0.455 e. The maximum Gasteiger partial charge on any atom is 0.338 e. The zero-order valence-electron chi connectivity index (χ0n) is 37.8. The molecule has 5 aliphatic rings. The first-order valence-electron chi connectivity index (χ1n) is 22.5. The second-order valence-electron chi connectivity index (χ2n) is 19.3. The number of esters is 2. The summed E-state index contributed by atoms with van der Waals surface area (Å²) in [5.74, 6) is -2.75. The van der Waals surface area contributed by atoms with E-state index >= 15 is 0 Å². The number of carbonyl (C=O) groups is 2. The maximum atomic E-state index is 14.7. The van der Waals surface area contributed by atoms with Crippen molar-refractivity contribution in [3.05, 3.63) is 47.0 Å². The van der Waals surface area contributed by atoms with Gasteiger partial charge < -0.3 is 37.6 Å². The first-order valence-corrected chi connectivity index (χ1v) is 27.6. The largest absolute Gasteiger partial charge is 0.455 e. The molecule has 9 unspecified atom stereocenters. The van der Waals surface area contributed by atoms with E-state index in [2.05, 4.69) is 69.2 Å².